The number of ether oxygens (including phenoxy) is 7. The first-order valence-electron chi connectivity index (χ1n) is 27.8. The molecule has 30 heteroatoms. The molecule has 0 saturated heterocycles. The summed E-state index contributed by atoms with van der Waals surface area (Å²) in [6, 6.07) is 11.5. The van der Waals surface area contributed by atoms with Crippen LogP contribution in [0.2, 0.25) is 0 Å². The molecule has 0 bridgehead atoms. The van der Waals surface area contributed by atoms with Gasteiger partial charge < -0.3 is 63.9 Å². The van der Waals surface area contributed by atoms with E-state index in [0.29, 0.717) is 29.2 Å². The summed E-state index contributed by atoms with van der Waals surface area (Å²) in [5, 5.41) is 26.2. The number of aryl methyl sites for hydroxylation is 8. The van der Waals surface area contributed by atoms with Crippen LogP contribution >= 0.6 is 7.14 Å². The van der Waals surface area contributed by atoms with Gasteiger partial charge in [0, 0.05) is 158 Å². The van der Waals surface area contributed by atoms with Crippen LogP contribution in [-0.2, 0) is 185 Å². The third-order valence-electron chi connectivity index (χ3n) is 12.5. The molecule has 5 N–H and O–H groups in total. The first-order valence-corrected chi connectivity index (χ1v) is 30.5. The maximum Gasteiger partial charge on any atom is 0.408 e. The Kier molecular flexibility index (Phi) is 50.7. The maximum absolute atomic E-state index is 11.8. The van der Waals surface area contributed by atoms with Gasteiger partial charge in [-0.3, -0.25) is 33.6 Å². The number of benzene rings is 4. The van der Waals surface area contributed by atoms with Crippen LogP contribution in [0, 0.1) is 55.4 Å². The van der Waals surface area contributed by atoms with E-state index in [4.69, 9.17) is 23.7 Å². The number of carboxylic acids is 1. The molecule has 0 spiro atoms. The number of rotatable bonds is 17. The minimum absolute atomic E-state index is 0. The van der Waals surface area contributed by atoms with Gasteiger partial charge in [0.15, 0.2) is 6.29 Å². The molecule has 0 radical (unpaired) electrons. The fourth-order valence-electron chi connectivity index (χ4n) is 8.18. The second kappa shape index (κ2) is 48.1. The fourth-order valence-corrected chi connectivity index (χ4v) is 8.79. The van der Waals surface area contributed by atoms with Crippen molar-refractivity contribution in [2.75, 3.05) is 34.7 Å². The Morgan fingerprint density at radius 1 is 0.526 bits per heavy atom. The second-order valence-corrected chi connectivity index (χ2v) is 25.7. The van der Waals surface area contributed by atoms with Crippen molar-refractivity contribution in [2.24, 2.45) is 0 Å². The van der Waals surface area contributed by atoms with E-state index in [-0.39, 0.29) is 141 Å². The Labute approximate surface area is 628 Å². The van der Waals surface area contributed by atoms with Crippen molar-refractivity contribution in [3.05, 3.63) is 121 Å². The molecule has 0 aromatic heterocycles. The van der Waals surface area contributed by atoms with Crippen molar-refractivity contribution in [3.8, 4) is 23.0 Å². The molecule has 4 aromatic rings. The predicted molar refractivity (Wildman–Crippen MR) is 337 cm³/mol. The number of nitrogens with one attached hydrogen (secondary N) is 3. The number of amides is 3. The van der Waals surface area contributed by atoms with E-state index >= 15 is 0 Å². The van der Waals surface area contributed by atoms with E-state index < -0.39 is 72.4 Å². The number of phenolic OH excluding ortho intramolecular Hbond substituents is 1. The van der Waals surface area contributed by atoms with Crippen molar-refractivity contribution < 1.29 is 206 Å². The Morgan fingerprint density at radius 3 is 1.16 bits per heavy atom. The number of aliphatic carboxylic acids is 1. The number of phenols is 1. The molecular weight excluding hydrogens is 2110 g/mol. The molecule has 4 aromatic carbocycles. The van der Waals surface area contributed by atoms with Gasteiger partial charge >= 0.3 is 47.9 Å². The molecule has 0 saturated carbocycles. The number of esters is 6. The molecule has 1 unspecified atom stereocenters. The third kappa shape index (κ3) is 39.3. The van der Waals surface area contributed by atoms with Gasteiger partial charge in [-0.25, -0.2) is 19.2 Å². The van der Waals surface area contributed by atoms with Crippen molar-refractivity contribution in [1.82, 2.24) is 16.0 Å². The minimum atomic E-state index is -2.30. The Bertz CT molecular complexity index is 3290. The predicted octanol–water partition coefficient (Wildman–Crippen LogP) is 9.06. The number of aromatic hydroxyl groups is 1. The largest absolute Gasteiger partial charge is 0.508 e. The molecule has 0 aliphatic carbocycles. The van der Waals surface area contributed by atoms with Crippen LogP contribution in [0.25, 0.3) is 6.08 Å². The zero-order valence-electron chi connectivity index (χ0n) is 57.6. The van der Waals surface area contributed by atoms with Gasteiger partial charge in [0.1, 0.15) is 52.0 Å². The molecule has 0 heterocycles. The summed E-state index contributed by atoms with van der Waals surface area (Å²) in [4.78, 5) is 123. The van der Waals surface area contributed by atoms with E-state index in [1.54, 1.807) is 103 Å². The summed E-state index contributed by atoms with van der Waals surface area (Å²) in [6.45, 7) is 31.1. The van der Waals surface area contributed by atoms with Gasteiger partial charge in [0.2, 0.25) is 11.8 Å². The molecule has 0 fully saturated rings. The van der Waals surface area contributed by atoms with Gasteiger partial charge in [-0.1, -0.05) is 0 Å². The number of methoxy groups -OCH3 is 3. The van der Waals surface area contributed by atoms with E-state index in [9.17, 15) is 67.5 Å². The number of hydrogen-bond acceptors (Lipinski definition) is 20. The maximum atomic E-state index is 11.8. The van der Waals surface area contributed by atoms with Crippen LogP contribution in [0.5, 0.6) is 23.0 Å². The summed E-state index contributed by atoms with van der Waals surface area (Å²) in [5.74, 6) is -3.01. The van der Waals surface area contributed by atoms with Gasteiger partial charge in [0.25, 0.3) is 0 Å². The molecule has 3 atom stereocenters. The Hall–Kier alpha value is -5.74. The molecule has 95 heavy (non-hydrogen) atoms. The fraction of sp³-hybridized carbons (Fsp3) is 0.431. The number of alkyl carbamates (subject to hydrolysis) is 1. The summed E-state index contributed by atoms with van der Waals surface area (Å²) >= 11 is 0. The second-order valence-electron chi connectivity index (χ2n) is 22.0. The average Bonchev–Trinajstić information content (AvgIpc) is 1.02. The number of hydrogen-bond donors (Lipinski definition) is 5. The zero-order valence-corrected chi connectivity index (χ0v) is 73.1. The van der Waals surface area contributed by atoms with E-state index in [0.717, 1.165) is 67.5 Å². The SMILES string of the molecule is CC(=O)Oc1cc(C)c(C=O)c(C)c1.COC(=O)/C(=C\c1c(C)cc(OC(C)=O)cc1C)NC(C)=O.COC(=O)C(C)P(C)(C)=O.COC(=O)[C@H](Cc1c(C)cc(OC(C)=O)cc1C)NC(C)=O.Cc1cc(O)cc(C)c1C[C@H](NC(=O)OC(C)(C)C)C(=O)O.[W].[W].[W].[W].[W]. The summed E-state index contributed by atoms with van der Waals surface area (Å²) in [7, 11) is 1.51. The third-order valence-corrected chi connectivity index (χ3v) is 14.6. The Balaban J connectivity index is -0.000000263. The molecule has 4 rings (SSSR count). The van der Waals surface area contributed by atoms with E-state index in [2.05, 4.69) is 25.4 Å². The van der Waals surface area contributed by atoms with Crippen LogP contribution in [0.3, 0.4) is 0 Å². The van der Waals surface area contributed by atoms with Gasteiger partial charge in [-0.2, -0.15) is 0 Å². The number of aldehydes is 1. The normalized spacial score (nSPS) is 11.0. The first-order chi connectivity index (χ1) is 41.4. The van der Waals surface area contributed by atoms with Gasteiger partial charge in [-0.05, 0) is 212 Å². The van der Waals surface area contributed by atoms with Crippen LogP contribution in [-0.4, -0.2) is 134 Å². The molecule has 24 nitrogen and oxygen atoms in total. The number of carbonyl (C=O) groups excluding carboxylic acids is 10. The number of carboxylic acid groups (broad SMARTS) is 1. The first kappa shape index (κ1) is 100. The quantitative estimate of drug-likeness (QED) is 0.0164. The number of carbonyl (C=O) groups is 11. The molecule has 0 aliphatic rings. The van der Waals surface area contributed by atoms with Gasteiger partial charge in [-0.15, -0.1) is 0 Å². The smallest absolute Gasteiger partial charge is 0.408 e. The molecular formula is C65H88N3O21PW5. The van der Waals surface area contributed by atoms with Crippen molar-refractivity contribution >= 4 is 79.2 Å². The van der Waals surface area contributed by atoms with Crippen LogP contribution in [0.1, 0.15) is 134 Å². The average molecular weight is 2200 g/mol. The van der Waals surface area contributed by atoms with Crippen LogP contribution < -0.4 is 30.2 Å². The molecule has 0 aliphatic heterocycles. The topological polar surface area (TPSA) is 346 Å². The summed E-state index contributed by atoms with van der Waals surface area (Å²) in [5.41, 5.74) is 8.46. The Morgan fingerprint density at radius 2 is 0.874 bits per heavy atom. The van der Waals surface area contributed by atoms with Crippen LogP contribution in [0.4, 0.5) is 4.79 Å². The minimum Gasteiger partial charge on any atom is -0.508 e. The van der Waals surface area contributed by atoms with E-state index in [1.807, 2.05) is 41.5 Å². The standard InChI is InChI=1S/C16H23NO5.C16H21NO5.C16H19NO5.C11H12O3.C6H13O3P.5W/c1-9-6-11(18)7-10(2)12(9)8-13(14(19)20)17-15(21)22-16(3,4)5;2*1-9-6-13(22-12(4)19)7-10(2)14(9)8-15(16(20)21-5)17-11(3)18;1-7-4-10(14-9(3)13)5-8(2)11(7)6-12;1-5(6(7)9-2)10(3,4)8;;;;;/h6-7,13,18H,8H2,1-5H3,(H,17,21)(H,19,20);6-7,15H,8H2,1-5H3,(H,17,18);6-8H,1-5H3,(H,17,18);4-6H,1-3H3;5H,1-4H3;;;;;/b;;15-8+;;;;;;;/t13-;15-;;;;;;;;/m00......../s1. The summed E-state index contributed by atoms with van der Waals surface area (Å²) < 4.78 is 45.1. The monoisotopic (exact) mass is 2200 g/mol. The molecule has 3 amide bonds. The van der Waals surface area contributed by atoms with Crippen molar-refractivity contribution in [3.63, 3.8) is 0 Å². The van der Waals surface area contributed by atoms with Crippen LogP contribution in [0.15, 0.2) is 54.2 Å². The molecule has 524 valence electrons. The van der Waals surface area contributed by atoms with E-state index in [1.165, 1.54) is 62.0 Å². The van der Waals surface area contributed by atoms with Crippen molar-refractivity contribution in [1.29, 1.82) is 0 Å². The van der Waals surface area contributed by atoms with Crippen molar-refractivity contribution in [2.45, 2.75) is 154 Å². The summed E-state index contributed by atoms with van der Waals surface area (Å²) in [6.07, 6.45) is 2.00. The zero-order chi connectivity index (χ0) is 69.9. The van der Waals surface area contributed by atoms with Gasteiger partial charge in [0.05, 0.1) is 28.5 Å².